The van der Waals surface area contributed by atoms with Gasteiger partial charge in [0.25, 0.3) is 5.91 Å². The molecule has 2 heterocycles. The molecular formula is C16H20N4O3. The number of pyridine rings is 1. The van der Waals surface area contributed by atoms with Gasteiger partial charge in [-0.05, 0) is 37.0 Å². The number of carbonyl (C=O) groups excluding carboxylic acids is 1. The quantitative estimate of drug-likeness (QED) is 0.815. The Morgan fingerprint density at radius 3 is 3.04 bits per heavy atom. The lowest BCUT2D eigenvalue weighted by Gasteiger charge is -2.16. The van der Waals surface area contributed by atoms with Crippen LogP contribution < -0.4 is 10.1 Å². The van der Waals surface area contributed by atoms with Gasteiger partial charge in [-0.15, -0.1) is 0 Å². The van der Waals surface area contributed by atoms with Gasteiger partial charge in [-0.25, -0.2) is 0 Å². The molecular weight excluding hydrogens is 296 g/mol. The van der Waals surface area contributed by atoms with Crippen LogP contribution in [-0.4, -0.2) is 44.5 Å². The van der Waals surface area contributed by atoms with E-state index in [1.165, 1.54) is 0 Å². The molecule has 2 N–H and O–H groups in total. The third-order valence-electron chi connectivity index (χ3n) is 3.98. The Morgan fingerprint density at radius 1 is 1.39 bits per heavy atom. The van der Waals surface area contributed by atoms with Crippen LogP contribution in [-0.2, 0) is 11.3 Å². The Labute approximate surface area is 134 Å². The van der Waals surface area contributed by atoms with E-state index in [-0.39, 0.29) is 18.6 Å². The predicted octanol–water partition coefficient (Wildman–Crippen LogP) is 0.613. The topological polar surface area (TPSA) is 89.3 Å². The molecule has 0 aromatic carbocycles. The minimum Gasteiger partial charge on any atom is -0.482 e. The first-order valence-corrected chi connectivity index (χ1v) is 7.68. The second kappa shape index (κ2) is 7.23. The van der Waals surface area contributed by atoms with Gasteiger partial charge in [0, 0.05) is 25.1 Å². The average Bonchev–Trinajstić information content (AvgIpc) is 3.17. The lowest BCUT2D eigenvalue weighted by molar-refractivity contribution is -0.124. The van der Waals surface area contributed by atoms with Crippen LogP contribution >= 0.6 is 0 Å². The minimum absolute atomic E-state index is 0.0846. The second-order valence-corrected chi connectivity index (χ2v) is 5.78. The zero-order valence-electron chi connectivity index (χ0n) is 12.7. The first-order chi connectivity index (χ1) is 11.2. The number of aliphatic hydroxyl groups is 1. The largest absolute Gasteiger partial charge is 0.482 e. The van der Waals surface area contributed by atoms with Crippen molar-refractivity contribution in [1.82, 2.24) is 20.1 Å². The maximum absolute atomic E-state index is 12.0. The second-order valence-electron chi connectivity index (χ2n) is 5.78. The molecule has 0 radical (unpaired) electrons. The maximum atomic E-state index is 12.0. The molecule has 2 aromatic rings. The molecule has 1 aliphatic carbocycles. The number of nitrogens with zero attached hydrogens (tertiary/aromatic N) is 3. The summed E-state index contributed by atoms with van der Waals surface area (Å²) in [6, 6.07) is 5.12. The highest BCUT2D eigenvalue weighted by Crippen LogP contribution is 2.27. The fourth-order valence-corrected chi connectivity index (χ4v) is 2.93. The van der Waals surface area contributed by atoms with Crippen LogP contribution in [0, 0.1) is 5.92 Å². The summed E-state index contributed by atoms with van der Waals surface area (Å²) in [5.74, 6) is 0.610. The molecule has 7 nitrogen and oxygen atoms in total. The van der Waals surface area contributed by atoms with Gasteiger partial charge in [0.05, 0.1) is 18.3 Å². The summed E-state index contributed by atoms with van der Waals surface area (Å²) in [6.45, 7) is 0.668. The van der Waals surface area contributed by atoms with Crippen molar-refractivity contribution in [3.8, 4) is 5.75 Å². The number of ether oxygens (including phenoxy) is 1. The molecule has 122 valence electrons. The lowest BCUT2D eigenvalue weighted by atomic mass is 10.1. The summed E-state index contributed by atoms with van der Waals surface area (Å²) in [6.07, 6.45) is 7.70. The fraction of sp³-hybridized carbons (Fsp3) is 0.438. The van der Waals surface area contributed by atoms with Crippen LogP contribution in [0.3, 0.4) is 0 Å². The zero-order valence-corrected chi connectivity index (χ0v) is 12.7. The molecule has 0 aliphatic heterocycles. The van der Waals surface area contributed by atoms with E-state index < -0.39 is 6.10 Å². The van der Waals surface area contributed by atoms with E-state index in [9.17, 15) is 9.90 Å². The van der Waals surface area contributed by atoms with Gasteiger partial charge in [-0.2, -0.15) is 5.10 Å². The summed E-state index contributed by atoms with van der Waals surface area (Å²) in [4.78, 5) is 15.9. The number of aliphatic hydroxyl groups excluding tert-OH is 1. The molecule has 1 unspecified atom stereocenters. The third kappa shape index (κ3) is 4.29. The van der Waals surface area contributed by atoms with E-state index in [1.54, 1.807) is 30.7 Å². The van der Waals surface area contributed by atoms with E-state index in [4.69, 9.17) is 4.74 Å². The number of nitrogens with one attached hydrogen (secondary N) is 1. The van der Waals surface area contributed by atoms with Gasteiger partial charge in [-0.1, -0.05) is 0 Å². The Bertz CT molecular complexity index is 618. The van der Waals surface area contributed by atoms with Crippen molar-refractivity contribution in [2.45, 2.75) is 31.5 Å². The summed E-state index contributed by atoms with van der Waals surface area (Å²) in [5, 5.41) is 17.1. The smallest absolute Gasteiger partial charge is 0.258 e. The monoisotopic (exact) mass is 316 g/mol. The van der Waals surface area contributed by atoms with Gasteiger partial charge in [0.15, 0.2) is 6.61 Å². The first-order valence-electron chi connectivity index (χ1n) is 7.68. The van der Waals surface area contributed by atoms with E-state index >= 15 is 0 Å². The molecule has 7 heteroatoms. The van der Waals surface area contributed by atoms with Gasteiger partial charge in [-0.3, -0.25) is 14.5 Å². The molecule has 0 spiro atoms. The SMILES string of the molecule is O=C(COc1cccnc1)N[C@@H]1CC(Cn2cccn2)C[C@H]1O. The summed E-state index contributed by atoms with van der Waals surface area (Å²) >= 11 is 0. The Balaban J connectivity index is 1.45. The van der Waals surface area contributed by atoms with Crippen LogP contribution in [0.25, 0.3) is 0 Å². The molecule has 1 saturated carbocycles. The van der Waals surface area contributed by atoms with Crippen molar-refractivity contribution in [1.29, 1.82) is 0 Å². The molecule has 0 saturated heterocycles. The minimum atomic E-state index is -0.530. The Morgan fingerprint density at radius 2 is 2.30 bits per heavy atom. The number of amides is 1. The molecule has 0 bridgehead atoms. The van der Waals surface area contributed by atoms with Crippen LogP contribution in [0.5, 0.6) is 5.75 Å². The summed E-state index contributed by atoms with van der Waals surface area (Å²) < 4.78 is 7.21. The zero-order chi connectivity index (χ0) is 16.1. The number of hydrogen-bond donors (Lipinski definition) is 2. The van der Waals surface area contributed by atoms with Gasteiger partial charge >= 0.3 is 0 Å². The highest BCUT2D eigenvalue weighted by Gasteiger charge is 2.34. The Hall–Kier alpha value is -2.41. The van der Waals surface area contributed by atoms with Crippen LogP contribution in [0.15, 0.2) is 43.0 Å². The molecule has 2 aromatic heterocycles. The van der Waals surface area contributed by atoms with Crippen LogP contribution in [0.2, 0.25) is 0 Å². The van der Waals surface area contributed by atoms with E-state index in [0.29, 0.717) is 18.1 Å². The fourth-order valence-electron chi connectivity index (χ4n) is 2.93. The summed E-state index contributed by atoms with van der Waals surface area (Å²) in [7, 11) is 0. The van der Waals surface area contributed by atoms with Crippen molar-refractivity contribution >= 4 is 5.91 Å². The molecule has 1 amide bonds. The number of rotatable bonds is 6. The lowest BCUT2D eigenvalue weighted by Crippen LogP contribution is -2.42. The van der Waals surface area contributed by atoms with E-state index in [2.05, 4.69) is 15.4 Å². The number of carbonyl (C=O) groups is 1. The van der Waals surface area contributed by atoms with Crippen molar-refractivity contribution in [2.24, 2.45) is 5.92 Å². The highest BCUT2D eigenvalue weighted by atomic mass is 16.5. The molecule has 1 fully saturated rings. The predicted molar refractivity (Wildman–Crippen MR) is 82.6 cm³/mol. The van der Waals surface area contributed by atoms with Crippen molar-refractivity contribution in [3.63, 3.8) is 0 Å². The molecule has 1 aliphatic rings. The molecule has 3 atom stereocenters. The maximum Gasteiger partial charge on any atom is 0.258 e. The first kappa shape index (κ1) is 15.5. The third-order valence-corrected chi connectivity index (χ3v) is 3.98. The van der Waals surface area contributed by atoms with Gasteiger partial charge in [0.1, 0.15) is 5.75 Å². The van der Waals surface area contributed by atoms with Gasteiger partial charge < -0.3 is 15.2 Å². The normalized spacial score (nSPS) is 23.6. The Kier molecular flexibility index (Phi) is 4.87. The molecule has 3 rings (SSSR count). The standard InChI is InChI=1S/C16H20N4O3/c21-15-8-12(10-20-6-2-5-18-20)7-14(15)19-16(22)11-23-13-3-1-4-17-9-13/h1-6,9,12,14-15,21H,7-8,10-11H2,(H,19,22)/t12?,14-,15-/m1/s1. The number of aromatic nitrogens is 3. The van der Waals surface area contributed by atoms with Crippen molar-refractivity contribution < 1.29 is 14.6 Å². The van der Waals surface area contributed by atoms with Gasteiger partial charge in [0.2, 0.25) is 0 Å². The average molecular weight is 316 g/mol. The van der Waals surface area contributed by atoms with Crippen LogP contribution in [0.1, 0.15) is 12.8 Å². The molecule has 23 heavy (non-hydrogen) atoms. The van der Waals surface area contributed by atoms with Crippen molar-refractivity contribution in [3.05, 3.63) is 43.0 Å². The van der Waals surface area contributed by atoms with Crippen LogP contribution in [0.4, 0.5) is 0 Å². The van der Waals surface area contributed by atoms with E-state index in [1.807, 2.05) is 16.9 Å². The van der Waals surface area contributed by atoms with Crippen molar-refractivity contribution in [2.75, 3.05) is 6.61 Å². The van der Waals surface area contributed by atoms with E-state index in [0.717, 1.165) is 13.0 Å². The highest BCUT2D eigenvalue weighted by molar-refractivity contribution is 5.77. The summed E-state index contributed by atoms with van der Waals surface area (Å²) in [5.41, 5.74) is 0. The number of hydrogen-bond acceptors (Lipinski definition) is 5.